The summed E-state index contributed by atoms with van der Waals surface area (Å²) in [6.07, 6.45) is 3.93. The summed E-state index contributed by atoms with van der Waals surface area (Å²) in [5.74, 6) is 1.58. The number of methoxy groups -OCH3 is 1. The van der Waals surface area contributed by atoms with Crippen LogP contribution in [0.15, 0.2) is 30.5 Å². The van der Waals surface area contributed by atoms with E-state index >= 15 is 0 Å². The lowest BCUT2D eigenvalue weighted by Gasteiger charge is -2.16. The summed E-state index contributed by atoms with van der Waals surface area (Å²) in [6, 6.07) is 7.58. The minimum Gasteiger partial charge on any atom is -0.377 e. The van der Waals surface area contributed by atoms with E-state index in [4.69, 9.17) is 4.74 Å². The van der Waals surface area contributed by atoms with Crippen LogP contribution in [0.4, 0.5) is 0 Å². The molecule has 0 bridgehead atoms. The van der Waals surface area contributed by atoms with Crippen LogP contribution in [0.3, 0.4) is 0 Å². The molecule has 1 aliphatic rings. The van der Waals surface area contributed by atoms with E-state index < -0.39 is 0 Å². The lowest BCUT2D eigenvalue weighted by molar-refractivity contribution is 0.0927. The molecule has 0 saturated heterocycles. The van der Waals surface area contributed by atoms with Crippen molar-refractivity contribution in [1.29, 1.82) is 0 Å². The number of nitrogens with one attached hydrogen (secondary N) is 1. The van der Waals surface area contributed by atoms with E-state index in [-0.39, 0.29) is 11.9 Å². The molecule has 2 aromatic heterocycles. The number of rotatable bonds is 4. The van der Waals surface area contributed by atoms with Crippen molar-refractivity contribution in [3.05, 3.63) is 47.8 Å². The van der Waals surface area contributed by atoms with Gasteiger partial charge in [-0.2, -0.15) is 0 Å². The summed E-state index contributed by atoms with van der Waals surface area (Å²) in [4.78, 5) is 21.3. The Balaban J connectivity index is 1.44. The first-order valence-electron chi connectivity index (χ1n) is 8.67. The quantitative estimate of drug-likeness (QED) is 0.765. The van der Waals surface area contributed by atoms with E-state index in [1.807, 2.05) is 24.3 Å². The summed E-state index contributed by atoms with van der Waals surface area (Å²) < 4.78 is 7.26. The molecule has 0 aliphatic carbocycles. The highest BCUT2D eigenvalue weighted by molar-refractivity contribution is 5.93. The van der Waals surface area contributed by atoms with Crippen molar-refractivity contribution in [1.82, 2.24) is 30.0 Å². The molecule has 0 spiro atoms. The third kappa shape index (κ3) is 3.28. The maximum atomic E-state index is 12.6. The summed E-state index contributed by atoms with van der Waals surface area (Å²) in [5, 5.41) is 11.5. The van der Waals surface area contributed by atoms with Gasteiger partial charge in [0.25, 0.3) is 5.91 Å². The van der Waals surface area contributed by atoms with Crippen molar-refractivity contribution >= 4 is 16.9 Å². The molecule has 4 rings (SSSR count). The molecule has 0 saturated carbocycles. The van der Waals surface area contributed by atoms with Crippen molar-refractivity contribution in [2.24, 2.45) is 0 Å². The van der Waals surface area contributed by atoms with Gasteiger partial charge in [0.15, 0.2) is 5.82 Å². The van der Waals surface area contributed by atoms with Crippen LogP contribution in [0.5, 0.6) is 0 Å². The third-order valence-electron chi connectivity index (χ3n) is 4.61. The van der Waals surface area contributed by atoms with E-state index in [1.165, 1.54) is 6.20 Å². The smallest absolute Gasteiger partial charge is 0.271 e. The summed E-state index contributed by atoms with van der Waals surface area (Å²) >= 11 is 0. The lowest BCUT2D eigenvalue weighted by Crippen LogP contribution is -2.35. The van der Waals surface area contributed by atoms with E-state index in [9.17, 15) is 4.79 Å². The zero-order valence-corrected chi connectivity index (χ0v) is 14.6. The molecule has 3 heterocycles. The Morgan fingerprint density at radius 3 is 2.96 bits per heavy atom. The molecule has 0 radical (unpaired) electrons. The average molecular weight is 352 g/mol. The minimum atomic E-state index is -0.192. The number of hydrogen-bond acceptors (Lipinski definition) is 6. The molecular weight excluding hydrogens is 332 g/mol. The monoisotopic (exact) mass is 352 g/mol. The zero-order chi connectivity index (χ0) is 17.9. The van der Waals surface area contributed by atoms with Crippen LogP contribution in [-0.4, -0.2) is 43.8 Å². The Labute approximate surface area is 150 Å². The van der Waals surface area contributed by atoms with Gasteiger partial charge < -0.3 is 14.6 Å². The fraction of sp³-hybridized carbons (Fsp3) is 0.389. The van der Waals surface area contributed by atoms with E-state index in [2.05, 4.69) is 30.0 Å². The molecule has 1 amide bonds. The Kier molecular flexibility index (Phi) is 4.57. The lowest BCUT2D eigenvalue weighted by atomic mass is 10.1. The molecule has 1 N–H and O–H groups in total. The summed E-state index contributed by atoms with van der Waals surface area (Å²) in [5.41, 5.74) is 1.84. The maximum Gasteiger partial charge on any atom is 0.271 e. The van der Waals surface area contributed by atoms with Crippen LogP contribution >= 0.6 is 0 Å². The number of nitrogens with zero attached hydrogens (tertiary/aromatic N) is 5. The van der Waals surface area contributed by atoms with Crippen molar-refractivity contribution in [2.45, 2.75) is 38.5 Å². The SMILES string of the molecule is COCc1nnc2n1CCC(NC(=O)c1cnc3ccccc3n1)CC2. The van der Waals surface area contributed by atoms with Gasteiger partial charge in [0.05, 0.1) is 17.2 Å². The van der Waals surface area contributed by atoms with Gasteiger partial charge in [-0.15, -0.1) is 10.2 Å². The van der Waals surface area contributed by atoms with Crippen LogP contribution in [0, 0.1) is 0 Å². The summed E-state index contributed by atoms with van der Waals surface area (Å²) in [6.45, 7) is 1.20. The minimum absolute atomic E-state index is 0.0628. The number of fused-ring (bicyclic) bond motifs is 2. The van der Waals surface area contributed by atoms with Crippen LogP contribution in [0.1, 0.15) is 35.0 Å². The number of amides is 1. The first-order chi connectivity index (χ1) is 12.7. The van der Waals surface area contributed by atoms with E-state index in [1.54, 1.807) is 7.11 Å². The molecule has 3 aromatic rings. The Morgan fingerprint density at radius 1 is 1.27 bits per heavy atom. The number of hydrogen-bond donors (Lipinski definition) is 1. The van der Waals surface area contributed by atoms with E-state index in [0.29, 0.717) is 12.3 Å². The average Bonchev–Trinajstić information content (AvgIpc) is 2.93. The zero-order valence-electron chi connectivity index (χ0n) is 14.6. The normalized spacial score (nSPS) is 16.9. The Hall–Kier alpha value is -2.87. The van der Waals surface area contributed by atoms with E-state index in [0.717, 1.165) is 48.5 Å². The molecular formula is C18H20N6O2. The second-order valence-electron chi connectivity index (χ2n) is 6.36. The highest BCUT2D eigenvalue weighted by Crippen LogP contribution is 2.16. The predicted octanol–water partition coefficient (Wildman–Crippen LogP) is 1.50. The molecule has 134 valence electrons. The number of para-hydroxylation sites is 2. The Bertz CT molecular complexity index is 938. The largest absolute Gasteiger partial charge is 0.377 e. The van der Waals surface area contributed by atoms with Crippen molar-refractivity contribution in [2.75, 3.05) is 7.11 Å². The highest BCUT2D eigenvalue weighted by Gasteiger charge is 2.22. The van der Waals surface area contributed by atoms with Gasteiger partial charge in [0.2, 0.25) is 0 Å². The molecule has 26 heavy (non-hydrogen) atoms. The van der Waals surface area contributed by atoms with Crippen LogP contribution in [0.25, 0.3) is 11.0 Å². The number of aryl methyl sites for hydroxylation is 1. The number of benzene rings is 1. The number of aromatic nitrogens is 5. The number of carbonyl (C=O) groups is 1. The van der Waals surface area contributed by atoms with Crippen molar-refractivity contribution in [3.63, 3.8) is 0 Å². The summed E-state index contributed by atoms with van der Waals surface area (Å²) in [7, 11) is 1.64. The van der Waals surface area contributed by atoms with Crippen LogP contribution < -0.4 is 5.32 Å². The molecule has 1 aromatic carbocycles. The molecule has 1 unspecified atom stereocenters. The second kappa shape index (κ2) is 7.17. The highest BCUT2D eigenvalue weighted by atomic mass is 16.5. The third-order valence-corrected chi connectivity index (χ3v) is 4.61. The topological polar surface area (TPSA) is 94.8 Å². The number of ether oxygens (including phenoxy) is 1. The molecule has 1 atom stereocenters. The molecule has 8 heteroatoms. The van der Waals surface area contributed by atoms with Crippen molar-refractivity contribution < 1.29 is 9.53 Å². The van der Waals surface area contributed by atoms with Gasteiger partial charge in [0.1, 0.15) is 18.1 Å². The van der Waals surface area contributed by atoms with Gasteiger partial charge >= 0.3 is 0 Å². The van der Waals surface area contributed by atoms with Crippen LogP contribution in [0.2, 0.25) is 0 Å². The first-order valence-corrected chi connectivity index (χ1v) is 8.67. The molecule has 1 aliphatic heterocycles. The Morgan fingerprint density at radius 2 is 2.12 bits per heavy atom. The predicted molar refractivity (Wildman–Crippen MR) is 94.5 cm³/mol. The second-order valence-corrected chi connectivity index (χ2v) is 6.36. The fourth-order valence-corrected chi connectivity index (χ4v) is 3.25. The van der Waals surface area contributed by atoms with Gasteiger partial charge in [-0.05, 0) is 25.0 Å². The van der Waals surface area contributed by atoms with Gasteiger partial charge in [0, 0.05) is 26.1 Å². The molecule has 8 nitrogen and oxygen atoms in total. The first kappa shape index (κ1) is 16.6. The molecule has 0 fully saturated rings. The van der Waals surface area contributed by atoms with Gasteiger partial charge in [-0.1, -0.05) is 12.1 Å². The standard InChI is InChI=1S/C18H20N6O2/c1-26-11-17-23-22-16-7-6-12(8-9-24(16)17)20-18(25)15-10-19-13-4-2-3-5-14(13)21-15/h2-5,10,12H,6-9,11H2,1H3,(H,20,25). The van der Waals surface area contributed by atoms with Crippen LogP contribution in [-0.2, 0) is 24.3 Å². The number of carbonyl (C=O) groups excluding carboxylic acids is 1. The van der Waals surface area contributed by atoms with Gasteiger partial charge in [-0.25, -0.2) is 4.98 Å². The van der Waals surface area contributed by atoms with Gasteiger partial charge in [-0.3, -0.25) is 9.78 Å². The van der Waals surface area contributed by atoms with Crippen molar-refractivity contribution in [3.8, 4) is 0 Å². The fourth-order valence-electron chi connectivity index (χ4n) is 3.25. The maximum absolute atomic E-state index is 12.6.